The van der Waals surface area contributed by atoms with Crippen molar-refractivity contribution in [1.29, 1.82) is 0 Å². The molecule has 0 saturated heterocycles. The molecular formula is C29H40F4N4O3. The van der Waals surface area contributed by atoms with Crippen molar-refractivity contribution in [1.82, 2.24) is 16.0 Å². The predicted octanol–water partition coefficient (Wildman–Crippen LogP) is 4.61. The summed E-state index contributed by atoms with van der Waals surface area (Å²) in [6.45, 7) is 4.23. The van der Waals surface area contributed by atoms with E-state index in [-0.39, 0.29) is 24.9 Å². The molecular weight excluding hydrogens is 528 g/mol. The van der Waals surface area contributed by atoms with Crippen LogP contribution in [0.15, 0.2) is 42.5 Å². The Bertz CT molecular complexity index is 1080. The van der Waals surface area contributed by atoms with Gasteiger partial charge in [-0.1, -0.05) is 44.5 Å². The molecule has 2 aromatic carbocycles. The molecule has 0 aromatic heterocycles. The van der Waals surface area contributed by atoms with E-state index in [0.717, 1.165) is 35.7 Å². The van der Waals surface area contributed by atoms with Gasteiger partial charge in [0, 0.05) is 45.1 Å². The number of hydrogen-bond acceptors (Lipinski definition) is 5. The summed E-state index contributed by atoms with van der Waals surface area (Å²) in [7, 11) is 1.29. The number of benzene rings is 2. The smallest absolute Gasteiger partial charge is 0.329 e. The Morgan fingerprint density at radius 1 is 1.02 bits per heavy atom. The number of carbonyl (C=O) groups excluding carboxylic acids is 2. The molecule has 40 heavy (non-hydrogen) atoms. The van der Waals surface area contributed by atoms with E-state index < -0.39 is 60.6 Å². The van der Waals surface area contributed by atoms with Crippen LogP contribution in [0.1, 0.15) is 56.2 Å². The topological polar surface area (TPSA) is 105 Å². The van der Waals surface area contributed by atoms with Crippen LogP contribution in [0.5, 0.6) is 0 Å². The van der Waals surface area contributed by atoms with Gasteiger partial charge in [-0.25, -0.2) is 27.2 Å². The van der Waals surface area contributed by atoms with Gasteiger partial charge in [-0.15, -0.1) is 0 Å². The number of amides is 2. The van der Waals surface area contributed by atoms with E-state index in [0.29, 0.717) is 13.0 Å². The van der Waals surface area contributed by atoms with Crippen molar-refractivity contribution >= 4 is 12.0 Å². The standard InChI is InChI=1S/C29H40F4N4O3/c1-4-6-10-29(32,33)16-25(37-28(39)35-3)27(38)40-26(18-36-17-20-9-7-8-19(5-2)11-20)24(34)14-21-12-22(30)15-23(31)13-21/h7-9,11-13,15,24-26,36H,4-6,10,14,16-18,34H2,1-3H3,(H2,35,37,39)/t24-,25+,26+/m0/s1. The lowest BCUT2D eigenvalue weighted by atomic mass is 10.0. The second-order valence-corrected chi connectivity index (χ2v) is 9.87. The molecule has 0 aliphatic heterocycles. The third kappa shape index (κ3) is 11.5. The van der Waals surface area contributed by atoms with E-state index in [2.05, 4.69) is 16.0 Å². The van der Waals surface area contributed by atoms with E-state index >= 15 is 0 Å². The number of aryl methyl sites for hydroxylation is 1. The summed E-state index contributed by atoms with van der Waals surface area (Å²) >= 11 is 0. The highest BCUT2D eigenvalue weighted by Crippen LogP contribution is 2.27. The summed E-state index contributed by atoms with van der Waals surface area (Å²) < 4.78 is 62.3. The van der Waals surface area contributed by atoms with Crippen molar-refractivity contribution in [2.75, 3.05) is 13.6 Å². The van der Waals surface area contributed by atoms with Crippen LogP contribution < -0.4 is 21.7 Å². The summed E-state index contributed by atoms with van der Waals surface area (Å²) in [6.07, 6.45) is -0.881. The summed E-state index contributed by atoms with van der Waals surface area (Å²) in [5.74, 6) is -5.87. The zero-order valence-electron chi connectivity index (χ0n) is 23.2. The molecule has 0 aliphatic rings. The van der Waals surface area contributed by atoms with Crippen molar-refractivity contribution in [3.05, 3.63) is 70.8 Å². The molecule has 2 aromatic rings. The van der Waals surface area contributed by atoms with Gasteiger partial charge in [-0.2, -0.15) is 0 Å². The molecule has 5 N–H and O–H groups in total. The average molecular weight is 569 g/mol. The molecule has 11 heteroatoms. The molecule has 7 nitrogen and oxygen atoms in total. The summed E-state index contributed by atoms with van der Waals surface area (Å²) in [5.41, 5.74) is 8.69. The van der Waals surface area contributed by atoms with E-state index in [1.54, 1.807) is 6.92 Å². The number of unbranched alkanes of at least 4 members (excludes halogenated alkanes) is 1. The second kappa shape index (κ2) is 16.2. The number of halogens is 4. The number of ether oxygens (including phenoxy) is 1. The highest BCUT2D eigenvalue weighted by Gasteiger charge is 2.38. The van der Waals surface area contributed by atoms with Crippen LogP contribution in [0.25, 0.3) is 0 Å². The number of rotatable bonds is 16. The first kappa shape index (κ1) is 33.0. The molecule has 0 fully saturated rings. The van der Waals surface area contributed by atoms with Gasteiger partial charge >= 0.3 is 12.0 Å². The Morgan fingerprint density at radius 3 is 2.33 bits per heavy atom. The van der Waals surface area contributed by atoms with E-state index in [1.807, 2.05) is 31.2 Å². The highest BCUT2D eigenvalue weighted by atomic mass is 19.3. The van der Waals surface area contributed by atoms with Crippen molar-refractivity contribution < 1.29 is 31.9 Å². The highest BCUT2D eigenvalue weighted by molar-refractivity contribution is 5.83. The van der Waals surface area contributed by atoms with Crippen molar-refractivity contribution in [2.24, 2.45) is 5.73 Å². The van der Waals surface area contributed by atoms with Crippen LogP contribution in [-0.4, -0.2) is 49.7 Å². The SMILES string of the molecule is CCCCC(F)(F)C[C@@H](NC(=O)NC)C(=O)O[C@H](CNCc1cccc(CC)c1)[C@@H](N)Cc1cc(F)cc(F)c1. The van der Waals surface area contributed by atoms with Gasteiger partial charge in [-0.3, -0.25) is 0 Å². The van der Waals surface area contributed by atoms with Gasteiger partial charge in [0.15, 0.2) is 0 Å². The van der Waals surface area contributed by atoms with Gasteiger partial charge in [0.05, 0.1) is 0 Å². The number of hydrogen-bond donors (Lipinski definition) is 4. The lowest BCUT2D eigenvalue weighted by Crippen LogP contribution is -2.52. The van der Waals surface area contributed by atoms with E-state index in [1.165, 1.54) is 7.05 Å². The van der Waals surface area contributed by atoms with Gasteiger partial charge < -0.3 is 26.4 Å². The zero-order chi connectivity index (χ0) is 29.7. The van der Waals surface area contributed by atoms with Crippen LogP contribution in [-0.2, 0) is 28.9 Å². The molecule has 222 valence electrons. The fourth-order valence-corrected chi connectivity index (χ4v) is 4.22. The summed E-state index contributed by atoms with van der Waals surface area (Å²) in [4.78, 5) is 25.1. The number of alkyl halides is 2. The molecule has 3 atom stereocenters. The number of esters is 1. The van der Waals surface area contributed by atoms with Crippen molar-refractivity contribution in [2.45, 2.75) is 83.0 Å². The lowest BCUT2D eigenvalue weighted by Gasteiger charge is -2.28. The molecule has 0 spiro atoms. The van der Waals surface area contributed by atoms with Gasteiger partial charge in [-0.05, 0) is 48.1 Å². The maximum Gasteiger partial charge on any atom is 0.329 e. The molecule has 2 rings (SSSR count). The maximum absolute atomic E-state index is 14.6. The van der Waals surface area contributed by atoms with Crippen molar-refractivity contribution in [3.8, 4) is 0 Å². The molecule has 2 amide bonds. The normalized spacial score (nSPS) is 13.8. The monoisotopic (exact) mass is 568 g/mol. The minimum Gasteiger partial charge on any atom is -0.458 e. The first-order chi connectivity index (χ1) is 19.0. The molecule has 0 aliphatic carbocycles. The molecule has 0 radical (unpaired) electrons. The van der Waals surface area contributed by atoms with Crippen LogP contribution in [0.2, 0.25) is 0 Å². The van der Waals surface area contributed by atoms with Crippen LogP contribution in [0.4, 0.5) is 22.4 Å². The minimum absolute atomic E-state index is 0.0278. The Kier molecular flexibility index (Phi) is 13.4. The maximum atomic E-state index is 14.6. The first-order valence-corrected chi connectivity index (χ1v) is 13.5. The summed E-state index contributed by atoms with van der Waals surface area (Å²) in [6, 6.07) is 7.42. The van der Waals surface area contributed by atoms with Crippen LogP contribution in [0, 0.1) is 11.6 Å². The Labute approximate surface area is 233 Å². The molecule has 0 bridgehead atoms. The van der Waals surface area contributed by atoms with Crippen LogP contribution >= 0.6 is 0 Å². The number of nitrogens with one attached hydrogen (secondary N) is 3. The summed E-state index contributed by atoms with van der Waals surface area (Å²) in [5, 5.41) is 7.65. The van der Waals surface area contributed by atoms with Crippen LogP contribution in [0.3, 0.4) is 0 Å². The largest absolute Gasteiger partial charge is 0.458 e. The molecule has 0 unspecified atom stereocenters. The van der Waals surface area contributed by atoms with Gasteiger partial charge in [0.2, 0.25) is 0 Å². The Morgan fingerprint density at radius 2 is 1.70 bits per heavy atom. The second-order valence-electron chi connectivity index (χ2n) is 9.87. The van der Waals surface area contributed by atoms with Crippen molar-refractivity contribution in [3.63, 3.8) is 0 Å². The Balaban J connectivity index is 2.22. The van der Waals surface area contributed by atoms with Gasteiger partial charge in [0.25, 0.3) is 5.92 Å². The minimum atomic E-state index is -3.22. The Hall–Kier alpha value is -3.18. The third-order valence-electron chi connectivity index (χ3n) is 6.43. The fourth-order valence-electron chi connectivity index (χ4n) is 4.22. The number of nitrogens with two attached hydrogens (primary N) is 1. The zero-order valence-corrected chi connectivity index (χ0v) is 23.2. The third-order valence-corrected chi connectivity index (χ3v) is 6.43. The van der Waals surface area contributed by atoms with Gasteiger partial charge in [0.1, 0.15) is 23.8 Å². The fraction of sp³-hybridized carbons (Fsp3) is 0.517. The van der Waals surface area contributed by atoms with E-state index in [9.17, 15) is 27.2 Å². The lowest BCUT2D eigenvalue weighted by molar-refractivity contribution is -0.155. The molecule has 0 saturated carbocycles. The first-order valence-electron chi connectivity index (χ1n) is 13.5. The number of urea groups is 1. The average Bonchev–Trinajstić information content (AvgIpc) is 2.90. The number of carbonyl (C=O) groups is 2. The predicted molar refractivity (Wildman–Crippen MR) is 146 cm³/mol. The quantitative estimate of drug-likeness (QED) is 0.175. The molecule has 0 heterocycles. The van der Waals surface area contributed by atoms with E-state index in [4.69, 9.17) is 10.5 Å².